The summed E-state index contributed by atoms with van der Waals surface area (Å²) in [7, 11) is 0. The van der Waals surface area contributed by atoms with Crippen molar-refractivity contribution in [1.29, 1.82) is 0 Å². The number of anilines is 1. The van der Waals surface area contributed by atoms with Gasteiger partial charge in [-0.15, -0.1) is 0 Å². The summed E-state index contributed by atoms with van der Waals surface area (Å²) in [4.78, 5) is 27.6. The molecule has 1 aliphatic rings. The Morgan fingerprint density at radius 1 is 0.917 bits per heavy atom. The van der Waals surface area contributed by atoms with E-state index in [1.54, 1.807) is 24.3 Å². The Hall–Kier alpha value is -3.80. The molecule has 1 heterocycles. The number of nitrogens with zero attached hydrogens (tertiary/aromatic N) is 1. The zero-order valence-electron chi connectivity index (χ0n) is 20.9. The van der Waals surface area contributed by atoms with Crippen LogP contribution in [0.25, 0.3) is 0 Å². The number of phenolic OH excluding ortho intramolecular Hbond substituents is 2. The van der Waals surface area contributed by atoms with Crippen LogP contribution in [-0.2, 0) is 6.42 Å². The minimum atomic E-state index is -0.439. The second-order valence-corrected chi connectivity index (χ2v) is 9.98. The van der Waals surface area contributed by atoms with Crippen molar-refractivity contribution in [2.24, 2.45) is 5.92 Å². The highest BCUT2D eigenvalue weighted by Crippen LogP contribution is 2.30. The lowest BCUT2D eigenvalue weighted by Gasteiger charge is -2.32. The molecule has 3 aromatic carbocycles. The molecule has 6 nitrogen and oxygen atoms in total. The number of aromatic hydroxyl groups is 2. The van der Waals surface area contributed by atoms with E-state index in [1.807, 2.05) is 4.90 Å². The summed E-state index contributed by atoms with van der Waals surface area (Å²) in [6.07, 6.45) is 4.15. The van der Waals surface area contributed by atoms with E-state index in [-0.39, 0.29) is 23.0 Å². The molecule has 0 saturated carbocycles. The maximum absolute atomic E-state index is 13.2. The van der Waals surface area contributed by atoms with Gasteiger partial charge in [-0.3, -0.25) is 9.59 Å². The molecule has 36 heavy (non-hydrogen) atoms. The lowest BCUT2D eigenvalue weighted by Crippen LogP contribution is -2.38. The Morgan fingerprint density at radius 2 is 1.67 bits per heavy atom. The Labute approximate surface area is 212 Å². The third kappa shape index (κ3) is 6.25. The van der Waals surface area contributed by atoms with E-state index >= 15 is 0 Å². The van der Waals surface area contributed by atoms with Crippen molar-refractivity contribution in [2.45, 2.75) is 45.4 Å². The van der Waals surface area contributed by atoms with Crippen LogP contribution in [0.15, 0.2) is 66.7 Å². The van der Waals surface area contributed by atoms with Crippen LogP contribution < -0.4 is 5.32 Å². The number of piperidine rings is 1. The highest BCUT2D eigenvalue weighted by Gasteiger charge is 2.25. The Kier molecular flexibility index (Phi) is 7.93. The summed E-state index contributed by atoms with van der Waals surface area (Å²) >= 11 is 0. The molecule has 188 valence electrons. The standard InChI is InChI=1S/C30H34N2O4/c1-20(2)9-10-21-5-3-6-23(17-21)22-13-15-32(16-14-22)30(36)25-7-4-8-26(18-25)31-29(35)24-11-12-27(33)28(34)19-24/h3-8,11-12,17-20,22,33-34H,9-10,13-16H2,1-2H3,(H,31,35). The van der Waals surface area contributed by atoms with Gasteiger partial charge in [-0.25, -0.2) is 0 Å². The molecular formula is C30H34N2O4. The van der Waals surface area contributed by atoms with E-state index < -0.39 is 5.91 Å². The molecule has 1 saturated heterocycles. The first-order valence-electron chi connectivity index (χ1n) is 12.6. The molecule has 0 aromatic heterocycles. The quantitative estimate of drug-likeness (QED) is 0.360. The van der Waals surface area contributed by atoms with E-state index in [0.29, 0.717) is 36.2 Å². The molecule has 2 amide bonds. The van der Waals surface area contributed by atoms with Crippen molar-refractivity contribution in [2.75, 3.05) is 18.4 Å². The van der Waals surface area contributed by atoms with Gasteiger partial charge < -0.3 is 20.4 Å². The van der Waals surface area contributed by atoms with Crippen molar-refractivity contribution in [3.8, 4) is 11.5 Å². The minimum absolute atomic E-state index is 0.0440. The molecule has 3 N–H and O–H groups in total. The van der Waals surface area contributed by atoms with Crippen LogP contribution in [0.5, 0.6) is 11.5 Å². The molecule has 6 heteroatoms. The van der Waals surface area contributed by atoms with E-state index in [1.165, 1.54) is 35.7 Å². The third-order valence-electron chi connectivity index (χ3n) is 6.82. The summed E-state index contributed by atoms with van der Waals surface area (Å²) in [5, 5.41) is 21.8. The molecule has 0 radical (unpaired) electrons. The van der Waals surface area contributed by atoms with Gasteiger partial charge in [0.2, 0.25) is 0 Å². The fourth-order valence-electron chi connectivity index (χ4n) is 4.65. The van der Waals surface area contributed by atoms with Gasteiger partial charge in [-0.05, 0) is 85.0 Å². The summed E-state index contributed by atoms with van der Waals surface area (Å²) in [5.74, 6) is 0.0131. The average Bonchev–Trinajstić information content (AvgIpc) is 2.89. The second kappa shape index (κ2) is 11.3. The Bertz CT molecular complexity index is 1230. The zero-order valence-corrected chi connectivity index (χ0v) is 20.9. The van der Waals surface area contributed by atoms with Gasteiger partial charge in [-0.2, -0.15) is 0 Å². The third-order valence-corrected chi connectivity index (χ3v) is 6.82. The molecule has 3 aromatic rings. The summed E-state index contributed by atoms with van der Waals surface area (Å²) in [6.45, 7) is 5.90. The number of carbonyl (C=O) groups is 2. The Balaban J connectivity index is 1.36. The molecule has 1 aliphatic heterocycles. The topological polar surface area (TPSA) is 89.9 Å². The van der Waals surface area contributed by atoms with Gasteiger partial charge in [0.25, 0.3) is 11.8 Å². The van der Waals surface area contributed by atoms with Crippen LogP contribution in [0.4, 0.5) is 5.69 Å². The first-order valence-corrected chi connectivity index (χ1v) is 12.6. The SMILES string of the molecule is CC(C)CCc1cccc(C2CCN(C(=O)c3cccc(NC(=O)c4ccc(O)c(O)c4)c3)CC2)c1. The highest BCUT2D eigenvalue weighted by atomic mass is 16.3. The van der Waals surface area contributed by atoms with Crippen molar-refractivity contribution in [1.82, 2.24) is 4.90 Å². The van der Waals surface area contributed by atoms with Crippen molar-refractivity contribution < 1.29 is 19.8 Å². The number of rotatable bonds is 7. The van der Waals surface area contributed by atoms with Crippen LogP contribution in [-0.4, -0.2) is 40.0 Å². The summed E-state index contributed by atoms with van der Waals surface area (Å²) in [5.41, 5.74) is 3.98. The molecule has 0 bridgehead atoms. The predicted octanol–water partition coefficient (Wildman–Crippen LogP) is 5.96. The normalized spacial score (nSPS) is 14.1. The molecule has 1 fully saturated rings. The van der Waals surface area contributed by atoms with Gasteiger partial charge in [0.05, 0.1) is 0 Å². The molecule has 0 atom stereocenters. The van der Waals surface area contributed by atoms with Crippen molar-refractivity contribution in [3.63, 3.8) is 0 Å². The lowest BCUT2D eigenvalue weighted by atomic mass is 9.87. The van der Waals surface area contributed by atoms with Crippen LogP contribution in [0.3, 0.4) is 0 Å². The lowest BCUT2D eigenvalue weighted by molar-refractivity contribution is 0.0712. The Morgan fingerprint density at radius 3 is 2.39 bits per heavy atom. The van der Waals surface area contributed by atoms with Gasteiger partial charge in [0, 0.05) is 29.9 Å². The number of phenols is 2. The van der Waals surface area contributed by atoms with Gasteiger partial charge in [-0.1, -0.05) is 44.2 Å². The molecule has 0 aliphatic carbocycles. The number of carbonyl (C=O) groups excluding carboxylic acids is 2. The van der Waals surface area contributed by atoms with Gasteiger partial charge >= 0.3 is 0 Å². The van der Waals surface area contributed by atoms with Crippen LogP contribution in [0.2, 0.25) is 0 Å². The second-order valence-electron chi connectivity index (χ2n) is 9.98. The maximum atomic E-state index is 13.2. The monoisotopic (exact) mass is 486 g/mol. The van der Waals surface area contributed by atoms with Crippen LogP contribution in [0.1, 0.15) is 70.9 Å². The number of hydrogen-bond donors (Lipinski definition) is 3. The number of benzene rings is 3. The maximum Gasteiger partial charge on any atom is 0.255 e. The average molecular weight is 487 g/mol. The predicted molar refractivity (Wildman–Crippen MR) is 142 cm³/mol. The van der Waals surface area contributed by atoms with E-state index in [2.05, 4.69) is 43.4 Å². The van der Waals surface area contributed by atoms with E-state index in [9.17, 15) is 19.8 Å². The molecule has 0 spiro atoms. The number of likely N-dealkylation sites (tertiary alicyclic amines) is 1. The summed E-state index contributed by atoms with van der Waals surface area (Å²) in [6, 6.07) is 19.7. The largest absolute Gasteiger partial charge is 0.504 e. The molecular weight excluding hydrogens is 452 g/mol. The zero-order chi connectivity index (χ0) is 25.7. The van der Waals surface area contributed by atoms with Crippen molar-refractivity contribution in [3.05, 3.63) is 89.0 Å². The number of aryl methyl sites for hydroxylation is 1. The number of amides is 2. The van der Waals surface area contributed by atoms with E-state index in [4.69, 9.17) is 0 Å². The first-order chi connectivity index (χ1) is 17.3. The van der Waals surface area contributed by atoms with Crippen LogP contribution in [0, 0.1) is 5.92 Å². The van der Waals surface area contributed by atoms with Gasteiger partial charge in [0.15, 0.2) is 11.5 Å². The fraction of sp³-hybridized carbons (Fsp3) is 0.333. The number of nitrogens with one attached hydrogen (secondary N) is 1. The number of hydrogen-bond acceptors (Lipinski definition) is 4. The smallest absolute Gasteiger partial charge is 0.255 e. The molecule has 4 rings (SSSR count). The summed E-state index contributed by atoms with van der Waals surface area (Å²) < 4.78 is 0. The van der Waals surface area contributed by atoms with E-state index in [0.717, 1.165) is 19.3 Å². The fourth-order valence-corrected chi connectivity index (χ4v) is 4.65. The first kappa shape index (κ1) is 25.3. The van der Waals surface area contributed by atoms with Gasteiger partial charge in [0.1, 0.15) is 0 Å². The molecule has 0 unspecified atom stereocenters. The van der Waals surface area contributed by atoms with Crippen molar-refractivity contribution >= 4 is 17.5 Å². The van der Waals surface area contributed by atoms with Crippen LogP contribution >= 0.6 is 0 Å². The highest BCUT2D eigenvalue weighted by molar-refractivity contribution is 6.05. The minimum Gasteiger partial charge on any atom is -0.504 e.